The number of imidazole rings is 1. The number of nitrogens with one attached hydrogen (secondary N) is 2. The van der Waals surface area contributed by atoms with Crippen molar-refractivity contribution in [2.75, 3.05) is 31.2 Å². The zero-order valence-corrected chi connectivity index (χ0v) is 24.4. The number of nitrogens with two attached hydrogens (primary N) is 1. The van der Waals surface area contributed by atoms with Gasteiger partial charge in [0.15, 0.2) is 0 Å². The van der Waals surface area contributed by atoms with Gasteiger partial charge < -0.3 is 20.9 Å². The Morgan fingerprint density at radius 1 is 1.18 bits per heavy atom. The van der Waals surface area contributed by atoms with Gasteiger partial charge in [-0.2, -0.15) is 0 Å². The van der Waals surface area contributed by atoms with Gasteiger partial charge in [0.05, 0.1) is 11.4 Å². The predicted octanol–water partition coefficient (Wildman–Crippen LogP) is 4.64. The predicted molar refractivity (Wildman–Crippen MR) is 160 cm³/mol. The van der Waals surface area contributed by atoms with Crippen molar-refractivity contribution in [2.24, 2.45) is 10.7 Å². The molecule has 0 saturated heterocycles. The number of aliphatic imine (C=N–C) groups is 1. The Labute approximate surface area is 229 Å². The molecule has 0 bridgehead atoms. The van der Waals surface area contributed by atoms with E-state index in [1.165, 1.54) is 9.13 Å². The number of aromatic nitrogens is 2. The molecule has 0 radical (unpaired) electrons. The van der Waals surface area contributed by atoms with Gasteiger partial charge in [-0.05, 0) is 68.7 Å². The average molecular weight is 553 g/mol. The van der Waals surface area contributed by atoms with Crippen LogP contribution in [0, 0.1) is 19.7 Å². The second kappa shape index (κ2) is 11.4. The van der Waals surface area contributed by atoms with E-state index in [-0.39, 0.29) is 17.5 Å². The van der Waals surface area contributed by atoms with Crippen molar-refractivity contribution in [2.45, 2.75) is 47.1 Å². The van der Waals surface area contributed by atoms with Gasteiger partial charge in [-0.25, -0.2) is 14.2 Å². The van der Waals surface area contributed by atoms with Crippen molar-refractivity contribution in [1.82, 2.24) is 14.5 Å². The Morgan fingerprint density at radius 3 is 2.44 bits per heavy atom. The molecule has 208 valence electrons. The number of halogens is 1. The summed E-state index contributed by atoms with van der Waals surface area (Å²) in [6.45, 7) is 9.98. The number of benzene rings is 2. The van der Waals surface area contributed by atoms with Crippen LogP contribution >= 0.6 is 7.14 Å². The number of nitrogens with zero attached hydrogens (tertiary/aromatic N) is 3. The van der Waals surface area contributed by atoms with Crippen molar-refractivity contribution in [3.8, 4) is 5.69 Å². The van der Waals surface area contributed by atoms with E-state index in [0.29, 0.717) is 52.8 Å². The molecule has 0 fully saturated rings. The van der Waals surface area contributed by atoms with Crippen LogP contribution in [0.3, 0.4) is 0 Å². The summed E-state index contributed by atoms with van der Waals surface area (Å²) in [5, 5.41) is 7.35. The fourth-order valence-corrected chi connectivity index (χ4v) is 7.25. The van der Waals surface area contributed by atoms with Crippen LogP contribution in [0.2, 0.25) is 0 Å². The van der Waals surface area contributed by atoms with Crippen molar-refractivity contribution in [3.05, 3.63) is 81.4 Å². The molecule has 0 amide bonds. The summed E-state index contributed by atoms with van der Waals surface area (Å²) in [4.78, 5) is 18.7. The minimum atomic E-state index is -2.53. The minimum absolute atomic E-state index is 0.136. The van der Waals surface area contributed by atoms with Crippen molar-refractivity contribution >= 4 is 29.7 Å². The van der Waals surface area contributed by atoms with Crippen LogP contribution in [0.25, 0.3) is 5.69 Å². The standard InChI is InChI=1S/C29H38FN6O2P/c1-7-39(38,8-2)25-10-9-22(17-24(25)32-6)35-13-14-36(29(35)37)28(26-20(5)33-12-11-23(26)31)34-21-15-18(3)27(30)19(4)16-21/h9-10,13-17,20,32-33H,7-8,11-12,31H2,1-6H3/t20-/m0/s1. The molecule has 2 heterocycles. The Morgan fingerprint density at radius 2 is 1.85 bits per heavy atom. The van der Waals surface area contributed by atoms with Gasteiger partial charge in [0.1, 0.15) is 18.8 Å². The summed E-state index contributed by atoms with van der Waals surface area (Å²) in [5.74, 6) is 0.123. The molecule has 3 aromatic rings. The van der Waals surface area contributed by atoms with E-state index in [2.05, 4.69) is 10.6 Å². The largest absolute Gasteiger partial charge is 0.402 e. The van der Waals surface area contributed by atoms with E-state index in [9.17, 15) is 13.8 Å². The number of aryl methyl sites for hydroxylation is 2. The molecule has 0 unspecified atom stereocenters. The maximum atomic E-state index is 14.3. The first kappa shape index (κ1) is 28.6. The number of rotatable bonds is 7. The summed E-state index contributed by atoms with van der Waals surface area (Å²) in [5.41, 5.74) is 10.4. The number of hydrogen-bond acceptors (Lipinski definition) is 6. The maximum absolute atomic E-state index is 14.3. The molecule has 4 rings (SSSR count). The van der Waals surface area contributed by atoms with Gasteiger partial charge in [0, 0.05) is 66.6 Å². The second-order valence-corrected chi connectivity index (χ2v) is 13.5. The van der Waals surface area contributed by atoms with Gasteiger partial charge in [0.25, 0.3) is 0 Å². The lowest BCUT2D eigenvalue weighted by molar-refractivity contribution is 0.577. The molecule has 8 nitrogen and oxygen atoms in total. The molecule has 1 atom stereocenters. The zero-order chi connectivity index (χ0) is 28.5. The molecule has 0 aliphatic carbocycles. The van der Waals surface area contributed by atoms with Crippen molar-refractivity contribution < 1.29 is 8.96 Å². The number of hydrogen-bond donors (Lipinski definition) is 3. The summed E-state index contributed by atoms with van der Waals surface area (Å²) >= 11 is 0. The first-order chi connectivity index (χ1) is 18.5. The second-order valence-electron chi connectivity index (χ2n) is 9.99. The molecule has 10 heteroatoms. The van der Waals surface area contributed by atoms with E-state index in [4.69, 9.17) is 10.7 Å². The van der Waals surface area contributed by atoms with E-state index >= 15 is 0 Å². The fourth-order valence-electron chi connectivity index (χ4n) is 5.16. The highest BCUT2D eigenvalue weighted by atomic mass is 31.2. The summed E-state index contributed by atoms with van der Waals surface area (Å²) in [6.07, 6.45) is 5.11. The summed E-state index contributed by atoms with van der Waals surface area (Å²) in [6, 6.07) is 8.72. The molecule has 39 heavy (non-hydrogen) atoms. The molecule has 1 aliphatic heterocycles. The normalized spacial score (nSPS) is 16.6. The maximum Gasteiger partial charge on any atom is 0.338 e. The molecule has 1 aliphatic rings. The Balaban J connectivity index is 1.89. The highest BCUT2D eigenvalue weighted by molar-refractivity contribution is 7.71. The van der Waals surface area contributed by atoms with Gasteiger partial charge in [-0.1, -0.05) is 13.8 Å². The van der Waals surface area contributed by atoms with Crippen LogP contribution in [0.15, 0.2) is 63.8 Å². The molecule has 4 N–H and O–H groups in total. The van der Waals surface area contributed by atoms with E-state index < -0.39 is 7.14 Å². The molecule has 1 aromatic heterocycles. The minimum Gasteiger partial charge on any atom is -0.402 e. The molecular weight excluding hydrogens is 514 g/mol. The summed E-state index contributed by atoms with van der Waals surface area (Å²) in [7, 11) is -0.744. The fraction of sp³-hybridized carbons (Fsp3) is 0.379. The molecule has 2 aromatic carbocycles. The lowest BCUT2D eigenvalue weighted by Gasteiger charge is -2.26. The van der Waals surface area contributed by atoms with Crippen LogP contribution in [-0.4, -0.2) is 46.9 Å². The van der Waals surface area contributed by atoms with Crippen LogP contribution in [0.5, 0.6) is 0 Å². The third kappa shape index (κ3) is 5.38. The summed E-state index contributed by atoms with van der Waals surface area (Å²) < 4.78 is 30.8. The van der Waals surface area contributed by atoms with Gasteiger partial charge >= 0.3 is 5.69 Å². The topological polar surface area (TPSA) is 106 Å². The van der Waals surface area contributed by atoms with Crippen LogP contribution in [-0.2, 0) is 4.57 Å². The lowest BCUT2D eigenvalue weighted by atomic mass is 9.99. The first-order valence-electron chi connectivity index (χ1n) is 13.3. The number of anilines is 1. The van der Waals surface area contributed by atoms with Crippen LogP contribution in [0.1, 0.15) is 38.3 Å². The zero-order valence-electron chi connectivity index (χ0n) is 23.5. The van der Waals surface area contributed by atoms with Crippen LogP contribution in [0.4, 0.5) is 15.8 Å². The van der Waals surface area contributed by atoms with E-state index in [0.717, 1.165) is 23.1 Å². The Kier molecular flexibility index (Phi) is 8.33. The van der Waals surface area contributed by atoms with Crippen molar-refractivity contribution in [1.29, 1.82) is 0 Å². The van der Waals surface area contributed by atoms with Gasteiger partial charge in [-0.15, -0.1) is 0 Å². The van der Waals surface area contributed by atoms with Gasteiger partial charge in [-0.3, -0.25) is 9.13 Å². The Hall–Kier alpha value is -3.42. The smallest absolute Gasteiger partial charge is 0.338 e. The quantitative estimate of drug-likeness (QED) is 0.225. The third-order valence-electron chi connectivity index (χ3n) is 7.51. The van der Waals surface area contributed by atoms with Crippen molar-refractivity contribution in [3.63, 3.8) is 0 Å². The molecule has 0 saturated carbocycles. The highest BCUT2D eigenvalue weighted by Crippen LogP contribution is 2.45. The molecule has 0 spiro atoms. The molecular formula is C29H38FN6O2P. The van der Waals surface area contributed by atoms with E-state index in [1.54, 1.807) is 45.4 Å². The van der Waals surface area contributed by atoms with Crippen LogP contribution < -0.4 is 27.4 Å². The monoisotopic (exact) mass is 552 g/mol. The van der Waals surface area contributed by atoms with E-state index in [1.807, 2.05) is 39.0 Å². The third-order valence-corrected chi connectivity index (χ3v) is 10.8. The Bertz CT molecular complexity index is 1540. The van der Waals surface area contributed by atoms with Gasteiger partial charge in [0.2, 0.25) is 0 Å². The SMILES string of the molecule is CCP(=O)(CC)c1ccc(-n2ccn(C(=Nc3cc(C)c(F)c(C)c3)C3=C(N)CCN[C@H]3C)c2=O)cc1NC. The highest BCUT2D eigenvalue weighted by Gasteiger charge is 2.27. The first-order valence-corrected chi connectivity index (χ1v) is 15.4. The lowest BCUT2D eigenvalue weighted by Crippen LogP contribution is -2.42. The average Bonchev–Trinajstić information content (AvgIpc) is 3.30.